The Morgan fingerprint density at radius 3 is 2.51 bits per heavy atom. The first-order valence-electron chi connectivity index (χ1n) is 15.2. The van der Waals surface area contributed by atoms with Crippen molar-refractivity contribution in [3.05, 3.63) is 11.6 Å². The number of carbonyl (C=O) groups excluding carboxylic acids is 1. The summed E-state index contributed by atoms with van der Waals surface area (Å²) in [5.74, 6) is 3.90. The summed E-state index contributed by atoms with van der Waals surface area (Å²) in [6.45, 7) is 11.7. The Balaban J connectivity index is 1.36. The topological polar surface area (TPSA) is 17.1 Å². The van der Waals surface area contributed by atoms with Gasteiger partial charge in [-0.2, -0.15) is 0 Å². The van der Waals surface area contributed by atoms with Crippen LogP contribution in [0.3, 0.4) is 0 Å². The lowest BCUT2D eigenvalue weighted by atomic mass is 9.47. The van der Waals surface area contributed by atoms with Gasteiger partial charge in [-0.15, -0.1) is 11.6 Å². The second kappa shape index (κ2) is 11.8. The quantitative estimate of drug-likeness (QED) is 0.162. The van der Waals surface area contributed by atoms with E-state index in [0.29, 0.717) is 16.1 Å². The zero-order valence-electron chi connectivity index (χ0n) is 23.4. The van der Waals surface area contributed by atoms with Gasteiger partial charge < -0.3 is 0 Å². The van der Waals surface area contributed by atoms with Crippen LogP contribution in [0.2, 0.25) is 0 Å². The largest absolute Gasteiger partial charge is 0.286 e. The van der Waals surface area contributed by atoms with Crippen molar-refractivity contribution in [2.45, 2.75) is 142 Å². The summed E-state index contributed by atoms with van der Waals surface area (Å²) in [7, 11) is 0. The van der Waals surface area contributed by atoms with Crippen molar-refractivity contribution in [1.82, 2.24) is 0 Å². The van der Waals surface area contributed by atoms with Crippen molar-refractivity contribution in [3.8, 4) is 0 Å². The minimum Gasteiger partial charge on any atom is -0.286 e. The minimum atomic E-state index is -0.347. The number of hydrogen-bond acceptors (Lipinski definition) is 2. The normalized spacial score (nSPS) is 39.5. The molecule has 0 heterocycles. The average molecular weight is 521 g/mol. The molecule has 0 aliphatic heterocycles. The fourth-order valence-electron chi connectivity index (χ4n) is 8.98. The minimum absolute atomic E-state index is 0.195. The van der Waals surface area contributed by atoms with Gasteiger partial charge >= 0.3 is 0 Å². The van der Waals surface area contributed by atoms with Crippen LogP contribution in [0.1, 0.15) is 131 Å². The molecule has 1 nitrogen and oxygen atoms in total. The van der Waals surface area contributed by atoms with E-state index in [-0.39, 0.29) is 16.4 Å². The van der Waals surface area contributed by atoms with Gasteiger partial charge in [0.15, 0.2) is 0 Å². The highest BCUT2D eigenvalue weighted by molar-refractivity contribution is 8.14. The fraction of sp³-hybridized carbons (Fsp3) is 0.906. The predicted molar refractivity (Wildman–Crippen MR) is 154 cm³/mol. The first-order valence-corrected chi connectivity index (χ1v) is 16.6. The Bertz CT molecular complexity index is 761. The van der Waals surface area contributed by atoms with E-state index in [1.165, 1.54) is 89.9 Å². The molecule has 3 heteroatoms. The second-order valence-corrected chi connectivity index (χ2v) is 15.4. The molecule has 4 aliphatic rings. The molecule has 0 saturated heterocycles. The number of fused-ring (bicyclic) bond motifs is 5. The van der Waals surface area contributed by atoms with Gasteiger partial charge in [-0.05, 0) is 98.2 Å². The highest BCUT2D eigenvalue weighted by atomic mass is 35.5. The summed E-state index contributed by atoms with van der Waals surface area (Å²) >= 11 is 7.95. The maximum Gasteiger partial charge on any atom is 0.207 e. The molecule has 0 amide bonds. The number of hydrogen-bond donors (Lipinski definition) is 0. The Hall–Kier alpha value is 0.0500. The van der Waals surface area contributed by atoms with E-state index < -0.39 is 0 Å². The van der Waals surface area contributed by atoms with Gasteiger partial charge in [0.2, 0.25) is 5.12 Å². The van der Waals surface area contributed by atoms with E-state index in [4.69, 9.17) is 11.6 Å². The zero-order chi connectivity index (χ0) is 25.2. The van der Waals surface area contributed by atoms with Crippen molar-refractivity contribution in [3.63, 3.8) is 0 Å². The molecule has 0 radical (unpaired) electrons. The third-order valence-electron chi connectivity index (χ3n) is 11.3. The van der Waals surface area contributed by atoms with Crippen LogP contribution in [-0.2, 0) is 4.79 Å². The molecule has 0 N–H and O–H groups in total. The molecule has 0 spiro atoms. The fourth-order valence-corrected chi connectivity index (χ4v) is 10.4. The van der Waals surface area contributed by atoms with Crippen LogP contribution in [0, 0.1) is 40.4 Å². The number of allylic oxidation sites excluding steroid dienone is 2. The van der Waals surface area contributed by atoms with Gasteiger partial charge in [-0.3, -0.25) is 4.79 Å². The molecule has 0 bridgehead atoms. The molecule has 0 unspecified atom stereocenters. The van der Waals surface area contributed by atoms with Gasteiger partial charge in [-0.1, -0.05) is 96.6 Å². The maximum absolute atomic E-state index is 12.7. The van der Waals surface area contributed by atoms with Gasteiger partial charge in [0.05, 0.1) is 0 Å². The molecule has 0 aromatic rings. The smallest absolute Gasteiger partial charge is 0.207 e. The summed E-state index contributed by atoms with van der Waals surface area (Å²) in [4.78, 5) is 12.7. The molecular formula is C32H53ClOS. The molecule has 0 aromatic carbocycles. The average Bonchev–Trinajstić information content (AvgIpc) is 3.17. The van der Waals surface area contributed by atoms with Crippen LogP contribution in [0.25, 0.3) is 0 Å². The molecular weight excluding hydrogens is 468 g/mol. The lowest BCUT2D eigenvalue weighted by molar-refractivity contribution is -0.111. The highest BCUT2D eigenvalue weighted by Crippen LogP contribution is 2.67. The van der Waals surface area contributed by atoms with E-state index in [1.807, 2.05) is 0 Å². The van der Waals surface area contributed by atoms with Gasteiger partial charge in [0.25, 0.3) is 0 Å². The van der Waals surface area contributed by atoms with Crippen molar-refractivity contribution < 1.29 is 4.79 Å². The van der Waals surface area contributed by atoms with Gasteiger partial charge in [0, 0.05) is 5.25 Å². The summed E-state index contributed by atoms with van der Waals surface area (Å²) in [6.07, 6.45) is 23.4. The molecule has 4 rings (SSSR count). The van der Waals surface area contributed by atoms with Crippen LogP contribution in [0.4, 0.5) is 0 Å². The van der Waals surface area contributed by atoms with Crippen molar-refractivity contribution in [2.24, 2.45) is 40.4 Å². The van der Waals surface area contributed by atoms with E-state index >= 15 is 0 Å². The number of halogens is 1. The molecule has 3 saturated carbocycles. The Labute approximate surface area is 226 Å². The molecule has 4 aliphatic carbocycles. The Morgan fingerprint density at radius 2 is 1.77 bits per heavy atom. The lowest BCUT2D eigenvalue weighted by Crippen LogP contribution is -2.50. The first kappa shape index (κ1) is 28.1. The SMILES string of the molecule is CCCCCCCC[C@H]1CC[C@H]2[C@@H]3CC=C4C[C@@H](SC(=O)[C@@H](Cl)C(C)C)CC[C@]4(C)[C@H]3CC[C@]12C. The standard InChI is InChI=1S/C32H53ClOS/c1-6-7-8-9-10-11-12-23-14-16-27-26-15-13-24-21-25(35-30(34)29(33)22(2)3)17-19-32(24,5)28(26)18-20-31(23,27)4/h13,22-23,25-29H,6-12,14-21H2,1-5H3/t23-,25-,26-,27-,28-,29-,31+,32-/m0/s1. The van der Waals surface area contributed by atoms with Crippen LogP contribution < -0.4 is 0 Å². The number of thioether (sulfide) groups is 1. The molecule has 35 heavy (non-hydrogen) atoms. The van der Waals surface area contributed by atoms with E-state index in [1.54, 1.807) is 17.3 Å². The number of rotatable bonds is 10. The van der Waals surface area contributed by atoms with Crippen LogP contribution in [0.15, 0.2) is 11.6 Å². The monoisotopic (exact) mass is 520 g/mol. The lowest BCUT2D eigenvalue weighted by Gasteiger charge is -2.58. The summed E-state index contributed by atoms with van der Waals surface area (Å²) in [5.41, 5.74) is 2.66. The van der Waals surface area contributed by atoms with Crippen LogP contribution >= 0.6 is 23.4 Å². The van der Waals surface area contributed by atoms with Crippen LogP contribution in [-0.4, -0.2) is 15.7 Å². The summed E-state index contributed by atoms with van der Waals surface area (Å²) < 4.78 is 0. The highest BCUT2D eigenvalue weighted by Gasteiger charge is 2.58. The number of unbranched alkanes of at least 4 members (excludes halogenated alkanes) is 5. The molecule has 200 valence electrons. The third-order valence-corrected chi connectivity index (χ3v) is 13.3. The van der Waals surface area contributed by atoms with Crippen LogP contribution in [0.5, 0.6) is 0 Å². The zero-order valence-corrected chi connectivity index (χ0v) is 25.0. The second-order valence-electron chi connectivity index (χ2n) is 13.6. The third kappa shape index (κ3) is 5.74. The predicted octanol–water partition coefficient (Wildman–Crippen LogP) is 10.2. The van der Waals surface area contributed by atoms with Gasteiger partial charge in [0.1, 0.15) is 5.38 Å². The molecule has 3 fully saturated rings. The van der Waals surface area contributed by atoms with Crippen molar-refractivity contribution >= 4 is 28.5 Å². The van der Waals surface area contributed by atoms with E-state index in [0.717, 1.165) is 30.1 Å². The van der Waals surface area contributed by atoms with E-state index in [2.05, 4.69) is 40.7 Å². The maximum atomic E-state index is 12.7. The summed E-state index contributed by atoms with van der Waals surface area (Å²) in [6, 6.07) is 0. The number of alkyl halides is 1. The van der Waals surface area contributed by atoms with E-state index in [9.17, 15) is 4.79 Å². The molecule has 0 aromatic heterocycles. The summed E-state index contributed by atoms with van der Waals surface area (Å²) in [5, 5.41) is 0.279. The first-order chi connectivity index (χ1) is 16.7. The molecule has 8 atom stereocenters. The van der Waals surface area contributed by atoms with Gasteiger partial charge in [-0.25, -0.2) is 0 Å². The van der Waals surface area contributed by atoms with Crippen molar-refractivity contribution in [2.75, 3.05) is 0 Å². The number of carbonyl (C=O) groups is 1. The Morgan fingerprint density at radius 1 is 1.03 bits per heavy atom. The van der Waals surface area contributed by atoms with Crippen molar-refractivity contribution in [1.29, 1.82) is 0 Å². The Kier molecular flexibility index (Phi) is 9.49.